The largest absolute Gasteiger partial charge is 1.00 e. The van der Waals surface area contributed by atoms with Gasteiger partial charge in [-0.25, -0.2) is 0 Å². The van der Waals surface area contributed by atoms with Crippen LogP contribution in [0.25, 0.3) is 0 Å². The van der Waals surface area contributed by atoms with Gasteiger partial charge in [-0.05, 0) is 37.1 Å². The second-order valence-electron chi connectivity index (χ2n) is 3.88. The normalized spacial score (nSPS) is 10.5. The predicted octanol–water partition coefficient (Wildman–Crippen LogP) is -8.34. The average molecular weight is 310 g/mol. The van der Waals surface area contributed by atoms with Crippen molar-refractivity contribution in [2.24, 2.45) is 0 Å². The van der Waals surface area contributed by atoms with Crippen molar-refractivity contribution >= 4 is 23.5 Å². The van der Waals surface area contributed by atoms with Gasteiger partial charge < -0.3 is 30.9 Å². The molecule has 7 nitrogen and oxygen atoms in total. The van der Waals surface area contributed by atoms with Crippen molar-refractivity contribution in [1.82, 2.24) is 5.32 Å². The summed E-state index contributed by atoms with van der Waals surface area (Å²) in [7, 11) is 0. The van der Waals surface area contributed by atoms with E-state index in [0.717, 1.165) is 0 Å². The van der Waals surface area contributed by atoms with E-state index in [-0.39, 0.29) is 71.1 Å². The third kappa shape index (κ3) is 8.45. The van der Waals surface area contributed by atoms with Gasteiger partial charge in [0.05, 0.1) is 12.0 Å². The van der Waals surface area contributed by atoms with Crippen LogP contribution < -0.4 is 80.4 Å². The topological polar surface area (TPSA) is 135 Å². The maximum Gasteiger partial charge on any atom is 1.00 e. The number of nitrogens with one attached hydrogen (secondary N) is 1. The molecule has 102 valence electrons. The van der Waals surface area contributed by atoms with E-state index in [9.17, 15) is 24.6 Å². The van der Waals surface area contributed by atoms with Gasteiger partial charge in [-0.2, -0.15) is 0 Å². The Hall–Kier alpha value is -0.570. The van der Waals surface area contributed by atoms with Gasteiger partial charge in [0.15, 0.2) is 0 Å². The molecule has 1 rings (SSSR count). The van der Waals surface area contributed by atoms with Crippen LogP contribution >= 0.6 is 0 Å². The number of carbonyl (C=O) groups excluding carboxylic acids is 3. The van der Waals surface area contributed by atoms with Gasteiger partial charge in [-0.3, -0.25) is 4.79 Å². The Morgan fingerprint density at radius 1 is 1.10 bits per heavy atom. The van der Waals surface area contributed by atoms with Crippen molar-refractivity contribution in [2.75, 3.05) is 5.73 Å². The van der Waals surface area contributed by atoms with Crippen LogP contribution in [0.3, 0.4) is 0 Å². The average Bonchev–Trinajstić information content (AvgIpc) is 2.34. The van der Waals surface area contributed by atoms with E-state index >= 15 is 0 Å². The molecule has 0 heterocycles. The molecule has 1 atom stereocenters. The fourth-order valence-electron chi connectivity index (χ4n) is 1.39. The van der Waals surface area contributed by atoms with Crippen LogP contribution in [0.1, 0.15) is 23.2 Å². The van der Waals surface area contributed by atoms with Crippen LogP contribution in [0.4, 0.5) is 5.69 Å². The summed E-state index contributed by atoms with van der Waals surface area (Å²) in [5.74, 6) is -3.59. The number of amides is 1. The van der Waals surface area contributed by atoms with Gasteiger partial charge in [-0.1, -0.05) is 0 Å². The smallest absolute Gasteiger partial charge is 0.550 e. The monoisotopic (exact) mass is 310 g/mol. The minimum absolute atomic E-state index is 0. The molecule has 0 fully saturated rings. The zero-order chi connectivity index (χ0) is 14.4. The van der Waals surface area contributed by atoms with Crippen molar-refractivity contribution in [1.29, 1.82) is 0 Å². The first-order valence-electron chi connectivity index (χ1n) is 5.47. The molecule has 0 spiro atoms. The number of carboxylic acid groups (broad SMARTS) is 2. The molecule has 0 aromatic heterocycles. The summed E-state index contributed by atoms with van der Waals surface area (Å²) in [6.07, 6.45) is -0.786. The van der Waals surface area contributed by atoms with Crippen LogP contribution in [0.15, 0.2) is 24.3 Å². The Morgan fingerprint density at radius 3 is 2.05 bits per heavy atom. The Bertz CT molecular complexity index is 493. The van der Waals surface area contributed by atoms with Crippen molar-refractivity contribution in [3.8, 4) is 0 Å². The van der Waals surface area contributed by atoms with Gasteiger partial charge in [0, 0.05) is 17.2 Å². The summed E-state index contributed by atoms with van der Waals surface area (Å²) >= 11 is 0. The third-order valence-electron chi connectivity index (χ3n) is 2.40. The fraction of sp³-hybridized carbons (Fsp3) is 0.250. The van der Waals surface area contributed by atoms with Crippen molar-refractivity contribution in [3.63, 3.8) is 0 Å². The summed E-state index contributed by atoms with van der Waals surface area (Å²) in [5.41, 5.74) is 6.13. The van der Waals surface area contributed by atoms with Crippen LogP contribution in [0, 0.1) is 0 Å². The van der Waals surface area contributed by atoms with E-state index < -0.39 is 30.3 Å². The third-order valence-corrected chi connectivity index (χ3v) is 2.40. The summed E-state index contributed by atoms with van der Waals surface area (Å²) in [6.45, 7) is 0. The predicted molar refractivity (Wildman–Crippen MR) is 61.4 cm³/mol. The van der Waals surface area contributed by atoms with E-state index in [1.54, 1.807) is 0 Å². The first-order chi connectivity index (χ1) is 8.90. The van der Waals surface area contributed by atoms with Crippen molar-refractivity contribution < 1.29 is 83.7 Å². The molecule has 1 aromatic rings. The molecule has 0 unspecified atom stereocenters. The van der Waals surface area contributed by atoms with Gasteiger partial charge in [0.1, 0.15) is 0 Å². The van der Waals surface area contributed by atoms with Gasteiger partial charge in [0.25, 0.3) is 5.91 Å². The summed E-state index contributed by atoms with van der Waals surface area (Å²) in [4.78, 5) is 32.8. The molecule has 0 radical (unpaired) electrons. The second-order valence-corrected chi connectivity index (χ2v) is 3.88. The maximum atomic E-state index is 11.7. The van der Waals surface area contributed by atoms with E-state index in [4.69, 9.17) is 5.73 Å². The van der Waals surface area contributed by atoms with Crippen LogP contribution in [-0.4, -0.2) is 23.9 Å². The van der Waals surface area contributed by atoms with Crippen LogP contribution in [-0.2, 0) is 9.59 Å². The molecule has 0 bridgehead atoms. The molecule has 0 saturated heterocycles. The molecule has 0 saturated carbocycles. The molecule has 0 aliphatic carbocycles. The fourth-order valence-corrected chi connectivity index (χ4v) is 1.39. The zero-order valence-electron chi connectivity index (χ0n) is 11.9. The van der Waals surface area contributed by atoms with E-state index in [0.29, 0.717) is 5.69 Å². The maximum absolute atomic E-state index is 11.7. The van der Waals surface area contributed by atoms with Gasteiger partial charge in [-0.15, -0.1) is 0 Å². The first kappa shape index (κ1) is 22.7. The number of nitrogens with two attached hydrogens (primary N) is 1. The quantitative estimate of drug-likeness (QED) is 0.396. The number of anilines is 1. The standard InChI is InChI=1S/C12H14N2O5.2Na/c13-8-3-1-7(2-4-8)11(17)14-9(12(18)19)5-6-10(15)16;;/h1-4,9H,5-6,13H2,(H,14,17)(H,15,16)(H,18,19);;/q;2*+1/p-2/t9-;;/m0../s1. The number of rotatable bonds is 6. The van der Waals surface area contributed by atoms with Crippen molar-refractivity contribution in [2.45, 2.75) is 18.9 Å². The Morgan fingerprint density at radius 2 is 1.62 bits per heavy atom. The number of carboxylic acids is 2. The Labute approximate surface area is 165 Å². The molecule has 1 aromatic carbocycles. The van der Waals surface area contributed by atoms with E-state index in [2.05, 4.69) is 5.32 Å². The Kier molecular flexibility index (Phi) is 12.0. The number of hydrogen-bond acceptors (Lipinski definition) is 6. The molecule has 0 aliphatic heterocycles. The molecular weight excluding hydrogens is 298 g/mol. The summed E-state index contributed by atoms with van der Waals surface area (Å²) < 4.78 is 0. The molecular formula is C12H12N2Na2O5. The van der Waals surface area contributed by atoms with Gasteiger partial charge >= 0.3 is 59.1 Å². The van der Waals surface area contributed by atoms with E-state index in [1.807, 2.05) is 0 Å². The number of carbonyl (C=O) groups is 3. The molecule has 3 N–H and O–H groups in total. The Balaban J connectivity index is 0. The molecule has 9 heteroatoms. The second kappa shape index (κ2) is 11.1. The molecule has 0 aliphatic rings. The summed E-state index contributed by atoms with van der Waals surface area (Å²) in [6, 6.07) is 4.45. The van der Waals surface area contributed by atoms with Crippen molar-refractivity contribution in [3.05, 3.63) is 29.8 Å². The van der Waals surface area contributed by atoms with E-state index in [1.165, 1.54) is 24.3 Å². The SMILES string of the molecule is Nc1ccc(C(=O)N[C@@H](CCC(=O)[O-])C(=O)[O-])cc1.[Na+].[Na+]. The number of hydrogen-bond donors (Lipinski definition) is 2. The molecule has 21 heavy (non-hydrogen) atoms. The summed E-state index contributed by atoms with van der Waals surface area (Å²) in [5, 5.41) is 23.2. The van der Waals surface area contributed by atoms with Gasteiger partial charge in [0.2, 0.25) is 0 Å². The minimum atomic E-state index is -1.55. The van der Waals surface area contributed by atoms with Crippen LogP contribution in [0.2, 0.25) is 0 Å². The van der Waals surface area contributed by atoms with Crippen LogP contribution in [0.5, 0.6) is 0 Å². The number of aliphatic carboxylic acids is 2. The first-order valence-corrected chi connectivity index (χ1v) is 5.47. The number of nitrogen functional groups attached to an aromatic ring is 1. The minimum Gasteiger partial charge on any atom is -0.550 e. The number of benzene rings is 1. The zero-order valence-corrected chi connectivity index (χ0v) is 15.9. The molecule has 1 amide bonds.